The van der Waals surface area contributed by atoms with Crippen molar-refractivity contribution in [2.24, 2.45) is 5.92 Å². The second-order valence-corrected chi connectivity index (χ2v) is 4.58. The number of fused-ring (bicyclic) bond motifs is 1. The van der Waals surface area contributed by atoms with Crippen molar-refractivity contribution in [1.29, 1.82) is 0 Å². The largest absolute Gasteiger partial charge is 0.391 e. The van der Waals surface area contributed by atoms with Gasteiger partial charge in [-0.3, -0.25) is 14.5 Å². The predicted octanol–water partition coefficient (Wildman–Crippen LogP) is 1.30. The smallest absolute Gasteiger partial charge is 0.261 e. The van der Waals surface area contributed by atoms with Crippen molar-refractivity contribution in [3.63, 3.8) is 0 Å². The van der Waals surface area contributed by atoms with Gasteiger partial charge in [0.15, 0.2) is 0 Å². The summed E-state index contributed by atoms with van der Waals surface area (Å²) < 4.78 is 0. The predicted molar refractivity (Wildman–Crippen MR) is 62.7 cm³/mol. The lowest BCUT2D eigenvalue weighted by atomic mass is 10.1. The van der Waals surface area contributed by atoms with Gasteiger partial charge in [0.25, 0.3) is 11.8 Å². The summed E-state index contributed by atoms with van der Waals surface area (Å²) in [5.74, 6) is -0.616. The Morgan fingerprint density at radius 2 is 1.59 bits per heavy atom. The monoisotopic (exact) mass is 233 g/mol. The number of aliphatic hydroxyl groups is 1. The summed E-state index contributed by atoms with van der Waals surface area (Å²) in [6.45, 7) is 3.76. The third-order valence-corrected chi connectivity index (χ3v) is 3.02. The molecule has 2 amide bonds. The molecule has 1 N–H and O–H groups in total. The second-order valence-electron chi connectivity index (χ2n) is 4.58. The molecule has 4 heteroatoms. The first-order chi connectivity index (χ1) is 8.02. The van der Waals surface area contributed by atoms with Gasteiger partial charge >= 0.3 is 0 Å². The van der Waals surface area contributed by atoms with Crippen LogP contribution in [-0.4, -0.2) is 34.5 Å². The Hall–Kier alpha value is -1.68. The number of aliphatic hydroxyl groups excluding tert-OH is 1. The molecule has 4 nitrogen and oxygen atoms in total. The van der Waals surface area contributed by atoms with E-state index in [0.29, 0.717) is 11.1 Å². The molecule has 1 unspecified atom stereocenters. The molecule has 0 radical (unpaired) electrons. The fraction of sp³-hybridized carbons (Fsp3) is 0.385. The van der Waals surface area contributed by atoms with Gasteiger partial charge < -0.3 is 5.11 Å². The molecule has 0 aliphatic carbocycles. The minimum atomic E-state index is -0.683. The zero-order valence-electron chi connectivity index (χ0n) is 9.88. The zero-order valence-corrected chi connectivity index (χ0v) is 9.88. The van der Waals surface area contributed by atoms with Crippen molar-refractivity contribution in [2.75, 3.05) is 6.54 Å². The summed E-state index contributed by atoms with van der Waals surface area (Å²) in [5.41, 5.74) is 0.849. The minimum absolute atomic E-state index is 0.0133. The van der Waals surface area contributed by atoms with E-state index in [-0.39, 0.29) is 24.3 Å². The number of nitrogens with zero attached hydrogens (tertiary/aromatic N) is 1. The Balaban J connectivity index is 2.25. The average molecular weight is 233 g/mol. The van der Waals surface area contributed by atoms with E-state index in [1.165, 1.54) is 0 Å². The van der Waals surface area contributed by atoms with Crippen molar-refractivity contribution in [1.82, 2.24) is 4.90 Å². The van der Waals surface area contributed by atoms with Crippen LogP contribution in [0.15, 0.2) is 24.3 Å². The quantitative estimate of drug-likeness (QED) is 0.800. The molecule has 0 bridgehead atoms. The fourth-order valence-electron chi connectivity index (χ4n) is 1.80. The number of hydrogen-bond donors (Lipinski definition) is 1. The van der Waals surface area contributed by atoms with Crippen LogP contribution in [0.4, 0.5) is 0 Å². The zero-order chi connectivity index (χ0) is 12.6. The van der Waals surface area contributed by atoms with Crippen molar-refractivity contribution in [3.05, 3.63) is 35.4 Å². The van der Waals surface area contributed by atoms with Crippen molar-refractivity contribution < 1.29 is 14.7 Å². The Morgan fingerprint density at radius 3 is 2.00 bits per heavy atom. The highest BCUT2D eigenvalue weighted by Gasteiger charge is 2.36. The second kappa shape index (κ2) is 4.30. The Morgan fingerprint density at radius 1 is 1.12 bits per heavy atom. The maximum Gasteiger partial charge on any atom is 0.261 e. The molecule has 0 spiro atoms. The van der Waals surface area contributed by atoms with Crippen molar-refractivity contribution >= 4 is 11.8 Å². The van der Waals surface area contributed by atoms with Crippen LogP contribution in [0.2, 0.25) is 0 Å². The van der Waals surface area contributed by atoms with Gasteiger partial charge in [0, 0.05) is 0 Å². The van der Waals surface area contributed by atoms with E-state index in [1.807, 2.05) is 13.8 Å². The number of rotatable bonds is 3. The van der Waals surface area contributed by atoms with Gasteiger partial charge in [-0.15, -0.1) is 0 Å². The first-order valence-corrected chi connectivity index (χ1v) is 5.65. The van der Waals surface area contributed by atoms with E-state index >= 15 is 0 Å². The molecule has 1 atom stereocenters. The van der Waals surface area contributed by atoms with E-state index in [4.69, 9.17) is 0 Å². The van der Waals surface area contributed by atoms with Crippen LogP contribution >= 0.6 is 0 Å². The SMILES string of the molecule is CC(C)C(O)CN1C(=O)c2ccccc2C1=O. The van der Waals surface area contributed by atoms with E-state index in [9.17, 15) is 14.7 Å². The number of β-amino-alcohol motifs (C(OH)–C–C–N with tert-alkyl or cyclic N) is 1. The summed E-state index contributed by atoms with van der Waals surface area (Å²) in [5, 5.41) is 9.76. The van der Waals surface area contributed by atoms with Gasteiger partial charge in [-0.25, -0.2) is 0 Å². The molecule has 0 saturated heterocycles. The van der Waals surface area contributed by atoms with Gasteiger partial charge in [-0.1, -0.05) is 26.0 Å². The van der Waals surface area contributed by atoms with Gasteiger partial charge in [0.2, 0.25) is 0 Å². The molecule has 0 fully saturated rings. The van der Waals surface area contributed by atoms with Crippen LogP contribution in [0, 0.1) is 5.92 Å². The normalized spacial score (nSPS) is 16.6. The summed E-state index contributed by atoms with van der Waals surface area (Å²) in [6, 6.07) is 6.73. The summed E-state index contributed by atoms with van der Waals surface area (Å²) in [7, 11) is 0. The van der Waals surface area contributed by atoms with E-state index in [1.54, 1.807) is 24.3 Å². The Labute approximate surface area is 99.9 Å². The molecule has 1 heterocycles. The van der Waals surface area contributed by atoms with Gasteiger partial charge in [-0.2, -0.15) is 0 Å². The number of imide groups is 1. The van der Waals surface area contributed by atoms with Crippen LogP contribution in [-0.2, 0) is 0 Å². The molecule has 0 saturated carbocycles. The standard InChI is InChI=1S/C13H15NO3/c1-8(2)11(15)7-14-12(16)9-5-3-4-6-10(9)13(14)17/h3-6,8,11,15H,7H2,1-2H3. The number of carbonyl (C=O) groups excluding carboxylic acids is 2. The van der Waals surface area contributed by atoms with Crippen LogP contribution in [0.25, 0.3) is 0 Å². The molecular formula is C13H15NO3. The molecule has 1 aliphatic rings. The van der Waals surface area contributed by atoms with Crippen LogP contribution in [0.3, 0.4) is 0 Å². The third kappa shape index (κ3) is 1.96. The lowest BCUT2D eigenvalue weighted by molar-refractivity contribution is 0.0471. The number of hydrogen-bond acceptors (Lipinski definition) is 3. The van der Waals surface area contributed by atoms with Crippen LogP contribution < -0.4 is 0 Å². The summed E-state index contributed by atoms with van der Waals surface area (Å²) in [4.78, 5) is 25.0. The molecule has 1 aliphatic heterocycles. The Bertz CT molecular complexity index is 432. The van der Waals surface area contributed by atoms with Crippen molar-refractivity contribution in [3.8, 4) is 0 Å². The molecular weight excluding hydrogens is 218 g/mol. The lowest BCUT2D eigenvalue weighted by Crippen LogP contribution is -2.38. The van der Waals surface area contributed by atoms with Gasteiger partial charge in [-0.05, 0) is 18.1 Å². The van der Waals surface area contributed by atoms with E-state index < -0.39 is 6.10 Å². The van der Waals surface area contributed by atoms with Crippen LogP contribution in [0.5, 0.6) is 0 Å². The third-order valence-electron chi connectivity index (χ3n) is 3.02. The maximum atomic E-state index is 12.0. The summed E-state index contributed by atoms with van der Waals surface area (Å²) >= 11 is 0. The first kappa shape index (κ1) is 11.8. The lowest BCUT2D eigenvalue weighted by Gasteiger charge is -2.20. The molecule has 0 aromatic heterocycles. The fourth-order valence-corrected chi connectivity index (χ4v) is 1.80. The summed E-state index contributed by atoms with van der Waals surface area (Å²) in [6.07, 6.45) is -0.683. The number of carbonyl (C=O) groups is 2. The number of amides is 2. The van der Waals surface area contributed by atoms with Gasteiger partial charge in [0.05, 0.1) is 23.8 Å². The maximum absolute atomic E-state index is 12.0. The van der Waals surface area contributed by atoms with Gasteiger partial charge in [0.1, 0.15) is 0 Å². The molecule has 17 heavy (non-hydrogen) atoms. The average Bonchev–Trinajstić information content (AvgIpc) is 2.55. The molecule has 90 valence electrons. The highest BCUT2D eigenvalue weighted by Crippen LogP contribution is 2.23. The number of benzene rings is 1. The van der Waals surface area contributed by atoms with E-state index in [0.717, 1.165) is 4.90 Å². The molecule has 2 rings (SSSR count). The van der Waals surface area contributed by atoms with Crippen LogP contribution in [0.1, 0.15) is 34.6 Å². The molecule has 1 aromatic rings. The highest BCUT2D eigenvalue weighted by atomic mass is 16.3. The Kier molecular flexibility index (Phi) is 2.98. The van der Waals surface area contributed by atoms with E-state index in [2.05, 4.69) is 0 Å². The topological polar surface area (TPSA) is 57.6 Å². The minimum Gasteiger partial charge on any atom is -0.391 e. The van der Waals surface area contributed by atoms with Crippen molar-refractivity contribution in [2.45, 2.75) is 20.0 Å². The highest BCUT2D eigenvalue weighted by molar-refractivity contribution is 6.21. The molecule has 1 aromatic carbocycles. The first-order valence-electron chi connectivity index (χ1n) is 5.65.